The van der Waals surface area contributed by atoms with Crippen molar-refractivity contribution in [2.24, 2.45) is 0 Å². The van der Waals surface area contributed by atoms with Crippen LogP contribution in [0.25, 0.3) is 20.4 Å². The summed E-state index contributed by atoms with van der Waals surface area (Å²) >= 11 is 2.36. The highest BCUT2D eigenvalue weighted by molar-refractivity contribution is 7.99. The minimum absolute atomic E-state index is 0.0445. The molecule has 6 nitrogen and oxygen atoms in total. The zero-order valence-corrected chi connectivity index (χ0v) is 20.1. The molecule has 0 spiro atoms. The van der Waals surface area contributed by atoms with Crippen LogP contribution in [0.15, 0.2) is 70.7 Å². The molecule has 3 aromatic heterocycles. The van der Waals surface area contributed by atoms with Gasteiger partial charge in [0.05, 0.1) is 17.8 Å². The number of hydrogen-bond donors (Lipinski definition) is 1. The third kappa shape index (κ3) is 4.80. The van der Waals surface area contributed by atoms with Crippen LogP contribution in [0.5, 0.6) is 0 Å². The maximum atomic E-state index is 13.8. The average molecular weight is 509 g/mol. The lowest BCUT2D eigenvalue weighted by Gasteiger charge is -2.12. The Morgan fingerprint density at radius 3 is 2.71 bits per heavy atom. The fourth-order valence-corrected chi connectivity index (χ4v) is 5.38. The first-order valence-corrected chi connectivity index (χ1v) is 12.4. The Morgan fingerprint density at radius 1 is 1.14 bits per heavy atom. The van der Waals surface area contributed by atoms with Gasteiger partial charge < -0.3 is 5.32 Å². The summed E-state index contributed by atoms with van der Waals surface area (Å²) in [6.07, 6.45) is 1.66. The number of carbonyl (C=O) groups excluding carboxylic acids is 1. The summed E-state index contributed by atoms with van der Waals surface area (Å²) in [4.78, 5) is 35.8. The maximum absolute atomic E-state index is 13.8. The number of thiophene rings is 1. The van der Waals surface area contributed by atoms with Gasteiger partial charge in [-0.15, -0.1) is 11.3 Å². The third-order valence-corrected chi connectivity index (χ3v) is 7.43. The fourth-order valence-electron chi connectivity index (χ4n) is 3.56. The Morgan fingerprint density at radius 2 is 1.94 bits per heavy atom. The van der Waals surface area contributed by atoms with Crippen molar-refractivity contribution in [1.82, 2.24) is 14.5 Å². The van der Waals surface area contributed by atoms with E-state index in [0.29, 0.717) is 31.5 Å². The van der Waals surface area contributed by atoms with Gasteiger partial charge in [-0.2, -0.15) is 0 Å². The largest absolute Gasteiger partial charge is 0.325 e. The molecule has 5 rings (SSSR count). The zero-order chi connectivity index (χ0) is 24.5. The first kappa shape index (κ1) is 23.1. The van der Waals surface area contributed by atoms with E-state index in [9.17, 15) is 18.4 Å². The van der Waals surface area contributed by atoms with Crippen LogP contribution in [-0.2, 0) is 11.3 Å². The van der Waals surface area contributed by atoms with E-state index < -0.39 is 5.82 Å². The minimum Gasteiger partial charge on any atom is -0.325 e. The van der Waals surface area contributed by atoms with Crippen LogP contribution in [0.3, 0.4) is 0 Å². The number of amides is 1. The van der Waals surface area contributed by atoms with E-state index in [1.807, 2.05) is 6.07 Å². The molecule has 0 bridgehead atoms. The van der Waals surface area contributed by atoms with Crippen LogP contribution in [0, 0.1) is 18.6 Å². The highest BCUT2D eigenvalue weighted by Crippen LogP contribution is 2.30. The molecule has 0 saturated heterocycles. The predicted molar refractivity (Wildman–Crippen MR) is 135 cm³/mol. The molecule has 0 radical (unpaired) electrons. The van der Waals surface area contributed by atoms with E-state index in [1.165, 1.54) is 34.1 Å². The van der Waals surface area contributed by atoms with Gasteiger partial charge in [-0.3, -0.25) is 14.2 Å². The van der Waals surface area contributed by atoms with E-state index in [-0.39, 0.29) is 29.6 Å². The lowest BCUT2D eigenvalue weighted by molar-refractivity contribution is -0.113. The number of fused-ring (bicyclic) bond motifs is 3. The number of thioether (sulfide) groups is 1. The van der Waals surface area contributed by atoms with Crippen molar-refractivity contribution in [3.05, 3.63) is 93.9 Å². The van der Waals surface area contributed by atoms with Gasteiger partial charge in [-0.05, 0) is 54.4 Å². The molecule has 2 aromatic carbocycles. The molecule has 5 aromatic rings. The Kier molecular flexibility index (Phi) is 6.31. The van der Waals surface area contributed by atoms with Gasteiger partial charge in [0.1, 0.15) is 21.2 Å². The summed E-state index contributed by atoms with van der Waals surface area (Å²) in [7, 11) is 0. The molecule has 0 unspecified atom stereocenters. The number of nitrogens with zero attached hydrogens (tertiary/aromatic N) is 3. The zero-order valence-electron chi connectivity index (χ0n) is 18.4. The van der Waals surface area contributed by atoms with Gasteiger partial charge in [0.15, 0.2) is 5.16 Å². The standard InChI is InChI=1S/C25H18F2N4O2S2/c1-14-4-9-17(11-19(14)27)29-20(32)13-34-25-30-21-18-3-2-10-28-23(18)35-22(21)24(33)31(25)12-15-5-7-16(26)8-6-15/h2-11H,12-13H2,1H3,(H,29,32). The Bertz CT molecular complexity index is 1630. The number of aromatic nitrogens is 3. The molecular weight excluding hydrogens is 490 g/mol. The average Bonchev–Trinajstić information content (AvgIpc) is 3.22. The van der Waals surface area contributed by atoms with E-state index in [1.54, 1.807) is 43.5 Å². The van der Waals surface area contributed by atoms with Gasteiger partial charge >= 0.3 is 0 Å². The van der Waals surface area contributed by atoms with E-state index >= 15 is 0 Å². The maximum Gasteiger partial charge on any atom is 0.272 e. The number of rotatable bonds is 6. The minimum atomic E-state index is -0.409. The van der Waals surface area contributed by atoms with Crippen LogP contribution < -0.4 is 10.9 Å². The molecule has 1 amide bonds. The van der Waals surface area contributed by atoms with Crippen LogP contribution in [-0.4, -0.2) is 26.2 Å². The first-order valence-electron chi connectivity index (χ1n) is 10.6. The quantitative estimate of drug-likeness (QED) is 0.246. The molecule has 176 valence electrons. The molecule has 0 saturated carbocycles. The molecule has 0 aliphatic heterocycles. The van der Waals surface area contributed by atoms with Crippen LogP contribution >= 0.6 is 23.1 Å². The number of aryl methyl sites for hydroxylation is 1. The normalized spacial score (nSPS) is 11.3. The molecule has 0 fully saturated rings. The van der Waals surface area contributed by atoms with E-state index in [0.717, 1.165) is 22.7 Å². The van der Waals surface area contributed by atoms with Gasteiger partial charge in [-0.25, -0.2) is 18.7 Å². The summed E-state index contributed by atoms with van der Waals surface area (Å²) in [5, 5.41) is 3.78. The molecule has 35 heavy (non-hydrogen) atoms. The van der Waals surface area contributed by atoms with Crippen molar-refractivity contribution in [1.29, 1.82) is 0 Å². The van der Waals surface area contributed by atoms with E-state index in [2.05, 4.69) is 10.3 Å². The second-order valence-corrected chi connectivity index (χ2v) is 9.79. The van der Waals surface area contributed by atoms with Crippen LogP contribution in [0.1, 0.15) is 11.1 Å². The topological polar surface area (TPSA) is 76.9 Å². The number of carbonyl (C=O) groups is 1. The van der Waals surface area contributed by atoms with Crippen LogP contribution in [0.4, 0.5) is 14.5 Å². The Hall–Kier alpha value is -3.63. The van der Waals surface area contributed by atoms with Crippen molar-refractivity contribution in [2.45, 2.75) is 18.6 Å². The van der Waals surface area contributed by atoms with Crippen molar-refractivity contribution >= 4 is 55.1 Å². The summed E-state index contributed by atoms with van der Waals surface area (Å²) < 4.78 is 29.2. The van der Waals surface area contributed by atoms with Gasteiger partial charge in [0, 0.05) is 17.3 Å². The summed E-state index contributed by atoms with van der Waals surface area (Å²) in [6, 6.07) is 14.0. The van der Waals surface area contributed by atoms with E-state index in [4.69, 9.17) is 4.98 Å². The lowest BCUT2D eigenvalue weighted by Crippen LogP contribution is -2.24. The lowest BCUT2D eigenvalue weighted by atomic mass is 10.2. The third-order valence-electron chi connectivity index (χ3n) is 5.36. The molecule has 10 heteroatoms. The number of benzene rings is 2. The smallest absolute Gasteiger partial charge is 0.272 e. The fraction of sp³-hybridized carbons (Fsp3) is 0.120. The number of hydrogen-bond acceptors (Lipinski definition) is 6. The second kappa shape index (κ2) is 9.55. The van der Waals surface area contributed by atoms with Crippen molar-refractivity contribution in [3.8, 4) is 0 Å². The molecule has 0 aliphatic rings. The number of anilines is 1. The number of pyridine rings is 1. The van der Waals surface area contributed by atoms with Crippen molar-refractivity contribution in [3.63, 3.8) is 0 Å². The van der Waals surface area contributed by atoms with Crippen LogP contribution in [0.2, 0.25) is 0 Å². The molecular formula is C25H18F2N4O2S2. The van der Waals surface area contributed by atoms with Crippen molar-refractivity contribution < 1.29 is 13.6 Å². The SMILES string of the molecule is Cc1ccc(NC(=O)CSc2nc3c(sc4ncccc43)c(=O)n2Cc2ccc(F)cc2)cc1F. The summed E-state index contributed by atoms with van der Waals surface area (Å²) in [5.74, 6) is -1.19. The molecule has 0 atom stereocenters. The van der Waals surface area contributed by atoms with Crippen molar-refractivity contribution in [2.75, 3.05) is 11.1 Å². The molecule has 1 N–H and O–H groups in total. The molecule has 3 heterocycles. The Labute approximate surface area is 206 Å². The summed E-state index contributed by atoms with van der Waals surface area (Å²) in [6.45, 7) is 1.81. The second-order valence-electron chi connectivity index (χ2n) is 7.85. The first-order chi connectivity index (χ1) is 16.9. The predicted octanol–water partition coefficient (Wildman–Crippen LogP) is 5.37. The Balaban J connectivity index is 1.49. The highest BCUT2D eigenvalue weighted by Gasteiger charge is 2.18. The highest BCUT2D eigenvalue weighted by atomic mass is 32.2. The van der Waals surface area contributed by atoms with Gasteiger partial charge in [0.25, 0.3) is 5.56 Å². The van der Waals surface area contributed by atoms with Gasteiger partial charge in [0.2, 0.25) is 5.91 Å². The summed E-state index contributed by atoms with van der Waals surface area (Å²) in [5.41, 5.74) is 1.82. The molecule has 0 aliphatic carbocycles. The van der Waals surface area contributed by atoms with Gasteiger partial charge in [-0.1, -0.05) is 30.0 Å². The number of halogens is 2. The number of nitrogens with one attached hydrogen (secondary N) is 1. The monoisotopic (exact) mass is 508 g/mol.